The molecule has 0 bridgehead atoms. The minimum absolute atomic E-state index is 0.103. The number of quaternary nitrogens is 1. The van der Waals surface area contributed by atoms with Crippen molar-refractivity contribution in [3.8, 4) is 0 Å². The molecular weight excluding hydrogens is 386 g/mol. The molecule has 31 heavy (non-hydrogen) atoms. The van der Waals surface area contributed by atoms with Crippen LogP contribution in [0.3, 0.4) is 0 Å². The Morgan fingerprint density at radius 3 is 2.03 bits per heavy atom. The molecule has 0 saturated heterocycles. The summed E-state index contributed by atoms with van der Waals surface area (Å²) in [6.45, 7) is 1.36. The van der Waals surface area contributed by atoms with Gasteiger partial charge in [0.25, 0.3) is 5.91 Å². The molecule has 1 atom stereocenters. The van der Waals surface area contributed by atoms with E-state index >= 15 is 0 Å². The Bertz CT molecular complexity index is 988. The second-order valence-electron chi connectivity index (χ2n) is 7.94. The van der Waals surface area contributed by atoms with Gasteiger partial charge in [-0.25, -0.2) is 0 Å². The van der Waals surface area contributed by atoms with E-state index in [4.69, 9.17) is 0 Å². The van der Waals surface area contributed by atoms with Crippen molar-refractivity contribution in [2.24, 2.45) is 0 Å². The molecule has 0 aliphatic rings. The van der Waals surface area contributed by atoms with E-state index < -0.39 is 6.04 Å². The quantitative estimate of drug-likeness (QED) is 0.502. The van der Waals surface area contributed by atoms with E-state index in [1.54, 1.807) is 12.1 Å². The highest BCUT2D eigenvalue weighted by atomic mass is 16.2. The fourth-order valence-corrected chi connectivity index (χ4v) is 3.50. The van der Waals surface area contributed by atoms with E-state index in [2.05, 4.69) is 30.8 Å². The predicted octanol–water partition coefficient (Wildman–Crippen LogP) is 2.51. The lowest BCUT2D eigenvalue weighted by atomic mass is 10.0. The van der Waals surface area contributed by atoms with Gasteiger partial charge in [0.1, 0.15) is 6.54 Å². The third-order valence-electron chi connectivity index (χ3n) is 5.07. The van der Waals surface area contributed by atoms with E-state index in [9.17, 15) is 9.59 Å². The van der Waals surface area contributed by atoms with Crippen LogP contribution < -0.4 is 15.5 Å². The third kappa shape index (κ3) is 6.79. The first-order valence-electron chi connectivity index (χ1n) is 10.6. The monoisotopic (exact) mass is 416 g/mol. The van der Waals surface area contributed by atoms with Gasteiger partial charge < -0.3 is 15.5 Å². The number of nitrogens with one attached hydrogen (secondary N) is 3. The first kappa shape index (κ1) is 22.2. The highest BCUT2D eigenvalue weighted by Crippen LogP contribution is 2.18. The van der Waals surface area contributed by atoms with Crippen molar-refractivity contribution in [1.82, 2.24) is 10.6 Å². The van der Waals surface area contributed by atoms with Crippen LogP contribution in [0.4, 0.5) is 0 Å². The van der Waals surface area contributed by atoms with Crippen molar-refractivity contribution in [1.29, 1.82) is 0 Å². The van der Waals surface area contributed by atoms with Crippen LogP contribution in [0.2, 0.25) is 0 Å². The van der Waals surface area contributed by atoms with Crippen molar-refractivity contribution in [2.45, 2.75) is 25.6 Å². The molecule has 0 aliphatic heterocycles. The minimum Gasteiger partial charge on any atom is -0.352 e. The molecule has 5 nitrogen and oxygen atoms in total. The highest BCUT2D eigenvalue weighted by molar-refractivity contribution is 5.94. The first-order valence-corrected chi connectivity index (χ1v) is 10.6. The lowest BCUT2D eigenvalue weighted by Gasteiger charge is -2.19. The molecule has 0 radical (unpaired) electrons. The molecule has 2 amide bonds. The van der Waals surface area contributed by atoms with Gasteiger partial charge in [-0.1, -0.05) is 72.8 Å². The largest absolute Gasteiger partial charge is 0.352 e. The van der Waals surface area contributed by atoms with Gasteiger partial charge >= 0.3 is 0 Å². The lowest BCUT2D eigenvalue weighted by molar-refractivity contribution is -0.872. The second-order valence-corrected chi connectivity index (χ2v) is 7.94. The molecule has 3 N–H and O–H groups in total. The number of hydrogen-bond donors (Lipinski definition) is 3. The molecule has 0 heterocycles. The molecule has 5 heteroatoms. The van der Waals surface area contributed by atoms with Gasteiger partial charge in [-0.05, 0) is 23.3 Å². The third-order valence-corrected chi connectivity index (χ3v) is 5.07. The Morgan fingerprint density at radius 1 is 0.806 bits per heavy atom. The number of carbonyl (C=O) groups excluding carboxylic acids is 2. The Morgan fingerprint density at radius 2 is 1.39 bits per heavy atom. The number of amides is 2. The average molecular weight is 417 g/mol. The van der Waals surface area contributed by atoms with E-state index in [0.29, 0.717) is 12.1 Å². The summed E-state index contributed by atoms with van der Waals surface area (Å²) in [5.41, 5.74) is 3.81. The Labute approximate surface area is 184 Å². The Hall–Kier alpha value is -3.44. The molecule has 0 aliphatic carbocycles. The van der Waals surface area contributed by atoms with Crippen LogP contribution in [0.25, 0.3) is 0 Å². The van der Waals surface area contributed by atoms with E-state index in [-0.39, 0.29) is 18.2 Å². The van der Waals surface area contributed by atoms with Gasteiger partial charge in [-0.2, -0.15) is 0 Å². The molecular formula is C26H30N3O2+. The number of benzene rings is 3. The molecule has 160 valence electrons. The standard InChI is InChI=1S/C26H29N3O2/c1-29(2)19-23-16-10-9-15-22(23)18-27-25(30)17-24(20-11-5-3-6-12-20)28-26(31)21-13-7-4-8-14-21/h3-16,24H,17-19H2,1-2H3,(H,27,30)(H,28,31)/p+1/t24-/m0/s1. The van der Waals surface area contributed by atoms with Crippen LogP contribution in [0.15, 0.2) is 84.9 Å². The number of hydrogen-bond acceptors (Lipinski definition) is 2. The van der Waals surface area contributed by atoms with Gasteiger partial charge in [-0.3, -0.25) is 9.59 Å². The molecule has 0 unspecified atom stereocenters. The SMILES string of the molecule is C[NH+](C)Cc1ccccc1CNC(=O)C[C@H](NC(=O)c1ccccc1)c1ccccc1. The van der Waals surface area contributed by atoms with E-state index in [0.717, 1.165) is 17.7 Å². The smallest absolute Gasteiger partial charge is 0.251 e. The summed E-state index contributed by atoms with van der Waals surface area (Å²) >= 11 is 0. The van der Waals surface area contributed by atoms with Gasteiger partial charge in [0.05, 0.1) is 26.6 Å². The number of carbonyl (C=O) groups is 2. The summed E-state index contributed by atoms with van der Waals surface area (Å²) in [6.07, 6.45) is 0.170. The van der Waals surface area contributed by atoms with Gasteiger partial charge in [0.15, 0.2) is 0 Å². The molecule has 3 aromatic rings. The molecule has 0 saturated carbocycles. The maximum absolute atomic E-state index is 12.8. The molecule has 3 rings (SSSR count). The molecule has 0 fully saturated rings. The average Bonchev–Trinajstić information content (AvgIpc) is 2.79. The summed E-state index contributed by atoms with van der Waals surface area (Å²) in [6, 6.07) is 26.4. The topological polar surface area (TPSA) is 62.6 Å². The summed E-state index contributed by atoms with van der Waals surface area (Å²) in [5.74, 6) is -0.296. The summed E-state index contributed by atoms with van der Waals surface area (Å²) in [4.78, 5) is 26.8. The summed E-state index contributed by atoms with van der Waals surface area (Å²) in [5, 5.41) is 6.04. The predicted molar refractivity (Wildman–Crippen MR) is 123 cm³/mol. The second kappa shape index (κ2) is 11.1. The Kier molecular flexibility index (Phi) is 7.96. The summed E-state index contributed by atoms with van der Waals surface area (Å²) in [7, 11) is 4.21. The maximum Gasteiger partial charge on any atom is 0.251 e. The highest BCUT2D eigenvalue weighted by Gasteiger charge is 2.19. The molecule has 0 aromatic heterocycles. The van der Waals surface area contributed by atoms with Crippen LogP contribution in [-0.2, 0) is 17.9 Å². The van der Waals surface area contributed by atoms with Crippen molar-refractivity contribution in [3.05, 3.63) is 107 Å². The number of rotatable bonds is 9. The zero-order valence-electron chi connectivity index (χ0n) is 18.1. The Balaban J connectivity index is 1.67. The first-order chi connectivity index (χ1) is 15.0. The van der Waals surface area contributed by atoms with Gasteiger partial charge in [0.2, 0.25) is 5.91 Å². The molecule has 0 spiro atoms. The van der Waals surface area contributed by atoms with E-state index in [1.165, 1.54) is 10.5 Å². The van der Waals surface area contributed by atoms with Gasteiger partial charge in [0, 0.05) is 17.7 Å². The van der Waals surface area contributed by atoms with Crippen LogP contribution in [0.1, 0.15) is 39.5 Å². The molecule has 3 aromatic carbocycles. The van der Waals surface area contributed by atoms with Crippen molar-refractivity contribution in [2.75, 3.05) is 14.1 Å². The van der Waals surface area contributed by atoms with Crippen molar-refractivity contribution in [3.63, 3.8) is 0 Å². The lowest BCUT2D eigenvalue weighted by Crippen LogP contribution is -3.04. The van der Waals surface area contributed by atoms with Crippen LogP contribution in [0, 0.1) is 0 Å². The summed E-state index contributed by atoms with van der Waals surface area (Å²) < 4.78 is 0. The van der Waals surface area contributed by atoms with Crippen molar-refractivity contribution < 1.29 is 14.5 Å². The van der Waals surface area contributed by atoms with Crippen LogP contribution in [0.5, 0.6) is 0 Å². The van der Waals surface area contributed by atoms with Crippen LogP contribution in [-0.4, -0.2) is 25.9 Å². The normalized spacial score (nSPS) is 11.7. The maximum atomic E-state index is 12.8. The van der Waals surface area contributed by atoms with Crippen LogP contribution >= 0.6 is 0 Å². The fourth-order valence-electron chi connectivity index (χ4n) is 3.50. The zero-order valence-corrected chi connectivity index (χ0v) is 18.1. The fraction of sp³-hybridized carbons (Fsp3) is 0.231. The van der Waals surface area contributed by atoms with E-state index in [1.807, 2.05) is 66.7 Å². The van der Waals surface area contributed by atoms with Crippen molar-refractivity contribution >= 4 is 11.8 Å². The zero-order chi connectivity index (χ0) is 22.1. The minimum atomic E-state index is -0.407. The van der Waals surface area contributed by atoms with Gasteiger partial charge in [-0.15, -0.1) is 0 Å².